The van der Waals surface area contributed by atoms with E-state index in [4.69, 9.17) is 4.52 Å². The molecule has 0 radical (unpaired) electrons. The van der Waals surface area contributed by atoms with Gasteiger partial charge in [-0.2, -0.15) is 0 Å². The maximum Gasteiger partial charge on any atom is 0.183 e. The van der Waals surface area contributed by atoms with Crippen LogP contribution in [0.3, 0.4) is 0 Å². The molecule has 0 amide bonds. The normalized spacial score (nSPS) is 10.7. The summed E-state index contributed by atoms with van der Waals surface area (Å²) >= 11 is 0. The van der Waals surface area contributed by atoms with Crippen LogP contribution in [0.2, 0.25) is 0 Å². The van der Waals surface area contributed by atoms with E-state index in [0.717, 1.165) is 22.7 Å². The summed E-state index contributed by atoms with van der Waals surface area (Å²) in [4.78, 5) is 12.1. The van der Waals surface area contributed by atoms with E-state index in [1.165, 1.54) is 0 Å². The fourth-order valence-electron chi connectivity index (χ4n) is 1.85. The Kier molecular flexibility index (Phi) is 3.23. The predicted molar refractivity (Wildman–Crippen MR) is 68.9 cm³/mol. The molecule has 0 fully saturated rings. The van der Waals surface area contributed by atoms with E-state index < -0.39 is 0 Å². The first-order valence-electron chi connectivity index (χ1n) is 5.82. The average Bonchev–Trinajstić information content (AvgIpc) is 2.86. The van der Waals surface area contributed by atoms with E-state index in [2.05, 4.69) is 10.5 Å². The van der Waals surface area contributed by atoms with Crippen LogP contribution in [0.25, 0.3) is 0 Å². The quantitative estimate of drug-likeness (QED) is 0.842. The molecular formula is C13H17N3O2. The fourth-order valence-corrected chi connectivity index (χ4v) is 1.85. The Labute approximate surface area is 106 Å². The minimum absolute atomic E-state index is 0.0526. The van der Waals surface area contributed by atoms with E-state index in [9.17, 15) is 4.79 Å². The van der Waals surface area contributed by atoms with Gasteiger partial charge in [0.15, 0.2) is 11.6 Å². The zero-order chi connectivity index (χ0) is 13.3. The van der Waals surface area contributed by atoms with Crippen LogP contribution in [-0.4, -0.2) is 22.1 Å². The molecule has 0 atom stereocenters. The van der Waals surface area contributed by atoms with E-state index >= 15 is 0 Å². The number of ketones is 1. The largest absolute Gasteiger partial charge is 0.360 e. The molecule has 2 heterocycles. The first-order valence-corrected chi connectivity index (χ1v) is 5.82. The summed E-state index contributed by atoms with van der Waals surface area (Å²) in [5.74, 6) is 1.36. The van der Waals surface area contributed by atoms with Gasteiger partial charge in [-0.25, -0.2) is 0 Å². The predicted octanol–water partition coefficient (Wildman–Crippen LogP) is 2.23. The molecule has 0 saturated carbocycles. The number of nitrogens with one attached hydrogen (secondary N) is 1. The van der Waals surface area contributed by atoms with Crippen LogP contribution in [-0.2, 0) is 7.05 Å². The molecule has 0 bridgehead atoms. The summed E-state index contributed by atoms with van der Waals surface area (Å²) in [6.07, 6.45) is 0. The minimum Gasteiger partial charge on any atom is -0.360 e. The van der Waals surface area contributed by atoms with Gasteiger partial charge < -0.3 is 14.4 Å². The molecule has 96 valence electrons. The highest BCUT2D eigenvalue weighted by atomic mass is 16.5. The second-order valence-electron chi connectivity index (χ2n) is 4.44. The second kappa shape index (κ2) is 4.68. The summed E-state index contributed by atoms with van der Waals surface area (Å²) in [7, 11) is 1.95. The van der Waals surface area contributed by atoms with Crippen molar-refractivity contribution in [1.29, 1.82) is 0 Å². The lowest BCUT2D eigenvalue weighted by Gasteiger charge is -2.03. The van der Waals surface area contributed by atoms with E-state index in [-0.39, 0.29) is 12.3 Å². The lowest BCUT2D eigenvalue weighted by atomic mass is 10.1. The molecule has 0 saturated heterocycles. The molecular weight excluding hydrogens is 230 g/mol. The maximum atomic E-state index is 12.1. The highest BCUT2D eigenvalue weighted by Crippen LogP contribution is 2.14. The third-order valence-electron chi connectivity index (χ3n) is 3.13. The molecule has 0 spiro atoms. The van der Waals surface area contributed by atoms with Gasteiger partial charge in [0.05, 0.1) is 6.54 Å². The van der Waals surface area contributed by atoms with Crippen LogP contribution >= 0.6 is 0 Å². The number of hydrogen-bond donors (Lipinski definition) is 1. The number of hydrogen-bond acceptors (Lipinski definition) is 4. The summed E-state index contributed by atoms with van der Waals surface area (Å²) in [6, 6.07) is 3.67. The number of anilines is 1. The Morgan fingerprint density at radius 1 is 1.39 bits per heavy atom. The Balaban J connectivity index is 2.06. The standard InChI is InChI=1S/C13H17N3O2/c1-8-5-11(10(3)16(8)4)12(17)7-14-13-6-9(2)18-15-13/h5-6H,7H2,1-4H3,(H,14,15). The third-order valence-corrected chi connectivity index (χ3v) is 3.13. The van der Waals surface area contributed by atoms with Gasteiger partial charge in [0, 0.05) is 30.1 Å². The van der Waals surface area contributed by atoms with Gasteiger partial charge in [0.1, 0.15) is 5.76 Å². The lowest BCUT2D eigenvalue weighted by Crippen LogP contribution is -2.14. The minimum atomic E-state index is 0.0526. The summed E-state index contributed by atoms with van der Waals surface area (Å²) in [6.45, 7) is 5.96. The van der Waals surface area contributed by atoms with Crippen molar-refractivity contribution in [3.05, 3.63) is 34.8 Å². The molecule has 0 aliphatic heterocycles. The van der Waals surface area contributed by atoms with Crippen molar-refractivity contribution >= 4 is 11.6 Å². The highest BCUT2D eigenvalue weighted by molar-refractivity contribution is 6.00. The SMILES string of the molecule is Cc1cc(NCC(=O)c2cc(C)n(C)c2C)no1. The van der Waals surface area contributed by atoms with Crippen molar-refractivity contribution in [2.75, 3.05) is 11.9 Å². The van der Waals surface area contributed by atoms with Crippen molar-refractivity contribution in [2.45, 2.75) is 20.8 Å². The van der Waals surface area contributed by atoms with Crippen molar-refractivity contribution < 1.29 is 9.32 Å². The highest BCUT2D eigenvalue weighted by Gasteiger charge is 2.14. The van der Waals surface area contributed by atoms with Gasteiger partial charge in [-0.15, -0.1) is 0 Å². The van der Waals surface area contributed by atoms with Crippen LogP contribution in [0.5, 0.6) is 0 Å². The monoisotopic (exact) mass is 247 g/mol. The van der Waals surface area contributed by atoms with Crippen LogP contribution < -0.4 is 5.32 Å². The molecule has 2 aromatic rings. The van der Waals surface area contributed by atoms with Crippen LogP contribution in [0.15, 0.2) is 16.7 Å². The number of carbonyl (C=O) groups excluding carboxylic acids is 1. The second-order valence-corrected chi connectivity index (χ2v) is 4.44. The topological polar surface area (TPSA) is 60.1 Å². The van der Waals surface area contributed by atoms with Gasteiger partial charge in [-0.05, 0) is 26.8 Å². The molecule has 1 N–H and O–H groups in total. The zero-order valence-electron chi connectivity index (χ0n) is 11.1. The smallest absolute Gasteiger partial charge is 0.183 e. The third kappa shape index (κ3) is 2.30. The fraction of sp³-hybridized carbons (Fsp3) is 0.385. The Morgan fingerprint density at radius 3 is 2.61 bits per heavy atom. The van der Waals surface area contributed by atoms with Crippen molar-refractivity contribution in [3.63, 3.8) is 0 Å². The number of carbonyl (C=O) groups is 1. The zero-order valence-corrected chi connectivity index (χ0v) is 11.1. The van der Waals surface area contributed by atoms with Crippen molar-refractivity contribution in [3.8, 4) is 0 Å². The molecule has 0 aliphatic rings. The summed E-state index contributed by atoms with van der Waals surface area (Å²) in [5, 5.41) is 6.74. The number of rotatable bonds is 4. The van der Waals surface area contributed by atoms with E-state index in [1.807, 2.05) is 38.5 Å². The van der Waals surface area contributed by atoms with Gasteiger partial charge in [0.25, 0.3) is 0 Å². The molecule has 18 heavy (non-hydrogen) atoms. The average molecular weight is 247 g/mol. The molecule has 0 unspecified atom stereocenters. The van der Waals surface area contributed by atoms with E-state index in [0.29, 0.717) is 5.82 Å². The number of aromatic nitrogens is 2. The van der Waals surface area contributed by atoms with Crippen LogP contribution in [0.4, 0.5) is 5.82 Å². The number of aryl methyl sites for hydroxylation is 2. The summed E-state index contributed by atoms with van der Waals surface area (Å²) < 4.78 is 6.93. The van der Waals surface area contributed by atoms with E-state index in [1.54, 1.807) is 6.07 Å². The first-order chi connectivity index (χ1) is 8.49. The Bertz CT molecular complexity index is 581. The summed E-state index contributed by atoms with van der Waals surface area (Å²) in [5.41, 5.74) is 2.81. The lowest BCUT2D eigenvalue weighted by molar-refractivity contribution is 0.101. The van der Waals surface area contributed by atoms with Crippen LogP contribution in [0, 0.1) is 20.8 Å². The maximum absolute atomic E-state index is 12.1. The van der Waals surface area contributed by atoms with Gasteiger partial charge >= 0.3 is 0 Å². The van der Waals surface area contributed by atoms with Gasteiger partial charge in [0.2, 0.25) is 0 Å². The number of Topliss-reactive ketones (excluding diaryl/α,β-unsaturated/α-hetero) is 1. The van der Waals surface area contributed by atoms with Gasteiger partial charge in [-0.1, -0.05) is 5.16 Å². The van der Waals surface area contributed by atoms with Crippen molar-refractivity contribution in [2.24, 2.45) is 7.05 Å². The molecule has 0 aliphatic carbocycles. The molecule has 5 nitrogen and oxygen atoms in total. The molecule has 0 aromatic carbocycles. The van der Waals surface area contributed by atoms with Crippen LogP contribution in [0.1, 0.15) is 27.5 Å². The number of nitrogens with zero attached hydrogens (tertiary/aromatic N) is 2. The van der Waals surface area contributed by atoms with Crippen molar-refractivity contribution in [1.82, 2.24) is 9.72 Å². The Morgan fingerprint density at radius 2 is 2.11 bits per heavy atom. The first kappa shape index (κ1) is 12.4. The Hall–Kier alpha value is -2.04. The molecule has 2 rings (SSSR count). The molecule has 5 heteroatoms. The van der Waals surface area contributed by atoms with Gasteiger partial charge in [-0.3, -0.25) is 4.79 Å². The molecule has 2 aromatic heterocycles.